The molecule has 184 valence electrons. The second-order valence-corrected chi connectivity index (χ2v) is 8.91. The number of anilines is 2. The van der Waals surface area contributed by atoms with E-state index in [1.807, 2.05) is 63.2 Å². The molecule has 0 bridgehead atoms. The number of rotatable bonds is 8. The van der Waals surface area contributed by atoms with E-state index in [0.29, 0.717) is 32.9 Å². The van der Waals surface area contributed by atoms with Gasteiger partial charge in [-0.05, 0) is 89.3 Å². The zero-order valence-electron chi connectivity index (χ0n) is 20.4. The first-order valence-electron chi connectivity index (χ1n) is 11.1. The van der Waals surface area contributed by atoms with Crippen LogP contribution in [0.25, 0.3) is 6.08 Å². The van der Waals surface area contributed by atoms with E-state index in [9.17, 15) is 14.9 Å². The number of para-hydroxylation sites is 1. The summed E-state index contributed by atoms with van der Waals surface area (Å²) in [5.74, 6) is -0.175. The summed E-state index contributed by atoms with van der Waals surface area (Å²) >= 11 is 3.44. The third-order valence-electron chi connectivity index (χ3n) is 5.55. The molecule has 8 heteroatoms. The first-order chi connectivity index (χ1) is 17.2. The summed E-state index contributed by atoms with van der Waals surface area (Å²) in [5, 5.41) is 15.2. The lowest BCUT2D eigenvalue weighted by Gasteiger charge is -2.14. The molecule has 2 amide bonds. The summed E-state index contributed by atoms with van der Waals surface area (Å²) in [6, 6.07) is 18.3. The first kappa shape index (κ1) is 26.5. The number of ether oxygens (including phenoxy) is 2. The van der Waals surface area contributed by atoms with Crippen molar-refractivity contribution >= 4 is 45.2 Å². The highest BCUT2D eigenvalue weighted by Crippen LogP contribution is 2.37. The Hall–Kier alpha value is -4.09. The van der Waals surface area contributed by atoms with Crippen LogP contribution >= 0.6 is 15.9 Å². The number of aryl methyl sites for hydroxylation is 2. The van der Waals surface area contributed by atoms with Crippen molar-refractivity contribution in [2.45, 2.75) is 20.8 Å². The van der Waals surface area contributed by atoms with Crippen LogP contribution < -0.4 is 20.1 Å². The van der Waals surface area contributed by atoms with Crippen LogP contribution in [0.4, 0.5) is 11.4 Å². The Labute approximate surface area is 218 Å². The number of carbonyl (C=O) groups is 2. The van der Waals surface area contributed by atoms with Gasteiger partial charge in [0.05, 0.1) is 11.6 Å². The molecule has 3 aromatic rings. The summed E-state index contributed by atoms with van der Waals surface area (Å²) in [6.45, 7) is 5.52. The van der Waals surface area contributed by atoms with Gasteiger partial charge < -0.3 is 20.1 Å². The van der Waals surface area contributed by atoms with Crippen molar-refractivity contribution < 1.29 is 19.1 Å². The molecule has 0 aliphatic heterocycles. The first-order valence-corrected chi connectivity index (χ1v) is 11.9. The zero-order valence-corrected chi connectivity index (χ0v) is 22.0. The van der Waals surface area contributed by atoms with E-state index in [2.05, 4.69) is 26.6 Å². The van der Waals surface area contributed by atoms with E-state index in [4.69, 9.17) is 9.47 Å². The Morgan fingerprint density at radius 1 is 1.00 bits per heavy atom. The number of carbonyl (C=O) groups excluding carboxylic acids is 2. The van der Waals surface area contributed by atoms with Crippen LogP contribution in [-0.4, -0.2) is 25.5 Å². The number of halogens is 1. The Morgan fingerprint density at radius 2 is 1.69 bits per heavy atom. The lowest BCUT2D eigenvalue weighted by Crippen LogP contribution is -2.21. The molecule has 2 N–H and O–H groups in total. The number of nitrogens with one attached hydrogen (secondary N) is 2. The molecule has 0 atom stereocenters. The Bertz CT molecular complexity index is 1380. The molecule has 0 aromatic heterocycles. The van der Waals surface area contributed by atoms with Gasteiger partial charge in [0.25, 0.3) is 11.8 Å². The smallest absolute Gasteiger partial charge is 0.266 e. The number of nitriles is 1. The standard InChI is InChI=1S/C28H26BrN3O4/c1-17-9-7-11-24(19(17)3)32-28(34)21(15-30)12-20-13-22(29)27(25(14-20)35-4)36-16-26(33)31-23-10-6-5-8-18(23)2/h5-14H,16H2,1-4H3,(H,31,33)(H,32,34)/b21-12-. The van der Waals surface area contributed by atoms with Gasteiger partial charge in [0.1, 0.15) is 11.6 Å². The van der Waals surface area contributed by atoms with Crippen LogP contribution in [0, 0.1) is 32.1 Å². The Kier molecular flexibility index (Phi) is 8.87. The lowest BCUT2D eigenvalue weighted by molar-refractivity contribution is -0.118. The fourth-order valence-corrected chi connectivity index (χ4v) is 3.97. The highest BCUT2D eigenvalue weighted by atomic mass is 79.9. The van der Waals surface area contributed by atoms with Crippen molar-refractivity contribution in [3.63, 3.8) is 0 Å². The Balaban J connectivity index is 1.76. The molecule has 0 saturated carbocycles. The molecule has 0 unspecified atom stereocenters. The summed E-state index contributed by atoms with van der Waals surface area (Å²) < 4.78 is 11.7. The quantitative estimate of drug-likeness (QED) is 0.268. The van der Waals surface area contributed by atoms with Crippen LogP contribution in [-0.2, 0) is 9.59 Å². The van der Waals surface area contributed by atoms with Crippen molar-refractivity contribution in [3.05, 3.63) is 86.9 Å². The number of nitrogens with zero attached hydrogens (tertiary/aromatic N) is 1. The summed E-state index contributed by atoms with van der Waals surface area (Å²) in [5.41, 5.74) is 4.73. The summed E-state index contributed by atoms with van der Waals surface area (Å²) in [4.78, 5) is 25.1. The number of hydrogen-bond donors (Lipinski definition) is 2. The van der Waals surface area contributed by atoms with Gasteiger partial charge in [0, 0.05) is 11.4 Å². The molecule has 36 heavy (non-hydrogen) atoms. The molecular formula is C28H26BrN3O4. The predicted molar refractivity (Wildman–Crippen MR) is 144 cm³/mol. The van der Waals surface area contributed by atoms with Crippen LogP contribution in [0.2, 0.25) is 0 Å². The van der Waals surface area contributed by atoms with Crippen molar-refractivity contribution in [1.29, 1.82) is 5.26 Å². The van der Waals surface area contributed by atoms with Gasteiger partial charge in [-0.1, -0.05) is 30.3 Å². The van der Waals surface area contributed by atoms with E-state index < -0.39 is 5.91 Å². The third-order valence-corrected chi connectivity index (χ3v) is 6.14. The Morgan fingerprint density at radius 3 is 2.39 bits per heavy atom. The van der Waals surface area contributed by atoms with Crippen molar-refractivity contribution in [1.82, 2.24) is 0 Å². The van der Waals surface area contributed by atoms with E-state index >= 15 is 0 Å². The molecule has 3 rings (SSSR count). The normalized spacial score (nSPS) is 10.8. The van der Waals surface area contributed by atoms with Gasteiger partial charge in [-0.15, -0.1) is 0 Å². The maximum atomic E-state index is 12.8. The molecule has 0 aliphatic rings. The molecule has 0 saturated heterocycles. The predicted octanol–water partition coefficient (Wildman–Crippen LogP) is 5.95. The highest BCUT2D eigenvalue weighted by molar-refractivity contribution is 9.10. The maximum absolute atomic E-state index is 12.8. The molecule has 7 nitrogen and oxygen atoms in total. The van der Waals surface area contributed by atoms with Gasteiger partial charge in [0.15, 0.2) is 18.1 Å². The van der Waals surface area contributed by atoms with E-state index in [0.717, 1.165) is 16.7 Å². The SMILES string of the molecule is COc1cc(/C=C(/C#N)C(=O)Nc2cccc(C)c2C)cc(Br)c1OCC(=O)Nc1ccccc1C. The fraction of sp³-hybridized carbons (Fsp3) is 0.179. The van der Waals surface area contributed by atoms with E-state index in [1.54, 1.807) is 18.2 Å². The molecule has 3 aromatic carbocycles. The minimum atomic E-state index is -0.519. The molecule has 0 spiro atoms. The summed E-state index contributed by atoms with van der Waals surface area (Å²) in [6.07, 6.45) is 1.46. The van der Waals surface area contributed by atoms with Gasteiger partial charge in [0.2, 0.25) is 0 Å². The number of methoxy groups -OCH3 is 1. The number of amides is 2. The monoisotopic (exact) mass is 547 g/mol. The zero-order chi connectivity index (χ0) is 26.2. The molecule has 0 fully saturated rings. The van der Waals surface area contributed by atoms with E-state index in [-0.39, 0.29) is 18.1 Å². The average molecular weight is 548 g/mol. The molecular weight excluding hydrogens is 522 g/mol. The third kappa shape index (κ3) is 6.52. The molecule has 0 radical (unpaired) electrons. The highest BCUT2D eigenvalue weighted by Gasteiger charge is 2.16. The van der Waals surface area contributed by atoms with Crippen LogP contribution in [0.3, 0.4) is 0 Å². The summed E-state index contributed by atoms with van der Waals surface area (Å²) in [7, 11) is 1.47. The van der Waals surface area contributed by atoms with Gasteiger partial charge in [-0.2, -0.15) is 5.26 Å². The minimum Gasteiger partial charge on any atom is -0.493 e. The second-order valence-electron chi connectivity index (χ2n) is 8.06. The molecule has 0 aliphatic carbocycles. The fourth-order valence-electron chi connectivity index (χ4n) is 3.39. The number of benzene rings is 3. The van der Waals surface area contributed by atoms with Crippen molar-refractivity contribution in [2.24, 2.45) is 0 Å². The van der Waals surface area contributed by atoms with Crippen LogP contribution in [0.1, 0.15) is 22.3 Å². The van der Waals surface area contributed by atoms with Crippen LogP contribution in [0.5, 0.6) is 11.5 Å². The number of hydrogen-bond acceptors (Lipinski definition) is 5. The minimum absolute atomic E-state index is 0.0730. The lowest BCUT2D eigenvalue weighted by atomic mass is 10.1. The van der Waals surface area contributed by atoms with Gasteiger partial charge >= 0.3 is 0 Å². The second kappa shape index (κ2) is 12.0. The van der Waals surface area contributed by atoms with E-state index in [1.165, 1.54) is 13.2 Å². The molecule has 0 heterocycles. The largest absolute Gasteiger partial charge is 0.493 e. The van der Waals surface area contributed by atoms with Gasteiger partial charge in [-0.25, -0.2) is 0 Å². The maximum Gasteiger partial charge on any atom is 0.266 e. The topological polar surface area (TPSA) is 100 Å². The van der Waals surface area contributed by atoms with Crippen LogP contribution in [0.15, 0.2) is 64.6 Å². The van der Waals surface area contributed by atoms with Crippen molar-refractivity contribution in [2.75, 3.05) is 24.4 Å². The average Bonchev–Trinajstić information content (AvgIpc) is 2.85. The van der Waals surface area contributed by atoms with Gasteiger partial charge in [-0.3, -0.25) is 9.59 Å². The van der Waals surface area contributed by atoms with Crippen molar-refractivity contribution in [3.8, 4) is 17.6 Å².